The van der Waals surface area contributed by atoms with Crippen LogP contribution in [-0.2, 0) is 4.74 Å². The lowest BCUT2D eigenvalue weighted by atomic mass is 9.85. The summed E-state index contributed by atoms with van der Waals surface area (Å²) in [6.45, 7) is 7.91. The van der Waals surface area contributed by atoms with Crippen LogP contribution in [0.25, 0.3) is 0 Å². The normalized spacial score (nSPS) is 24.1. The molecule has 0 aromatic rings. The molecular weight excluding hydrogens is 188 g/mol. The Bertz CT molecular complexity index is 230. The van der Waals surface area contributed by atoms with Crippen LogP contribution >= 0.6 is 0 Å². The van der Waals surface area contributed by atoms with E-state index >= 15 is 0 Å². The summed E-state index contributed by atoms with van der Waals surface area (Å²) in [4.78, 5) is 2.42. The summed E-state index contributed by atoms with van der Waals surface area (Å²) in [6.07, 6.45) is 7.00. The first-order valence-electron chi connectivity index (χ1n) is 5.67. The van der Waals surface area contributed by atoms with Crippen molar-refractivity contribution >= 4 is 0 Å². The highest BCUT2D eigenvalue weighted by Crippen LogP contribution is 2.25. The molecule has 3 nitrogen and oxygen atoms in total. The van der Waals surface area contributed by atoms with Gasteiger partial charge in [-0.1, -0.05) is 6.92 Å². The lowest BCUT2D eigenvalue weighted by molar-refractivity contribution is -0.0267. The Kier molecular flexibility index (Phi) is 4.59. The molecule has 15 heavy (non-hydrogen) atoms. The number of hydrogen-bond donors (Lipinski definition) is 1. The maximum absolute atomic E-state index is 6.18. The first-order valence-corrected chi connectivity index (χ1v) is 5.67. The van der Waals surface area contributed by atoms with E-state index in [0.717, 1.165) is 32.7 Å². The highest BCUT2D eigenvalue weighted by molar-refractivity contribution is 5.01. The van der Waals surface area contributed by atoms with Crippen molar-refractivity contribution in [3.05, 3.63) is 0 Å². The molecule has 0 amide bonds. The molecule has 0 aromatic carbocycles. The first-order chi connectivity index (χ1) is 7.15. The fourth-order valence-corrected chi connectivity index (χ4v) is 2.14. The van der Waals surface area contributed by atoms with E-state index in [-0.39, 0.29) is 11.6 Å². The molecule has 0 aromatic heterocycles. The molecule has 0 bridgehead atoms. The molecule has 2 unspecified atom stereocenters. The van der Waals surface area contributed by atoms with Crippen molar-refractivity contribution in [1.29, 1.82) is 0 Å². The number of hydrogen-bond acceptors (Lipinski definition) is 3. The van der Waals surface area contributed by atoms with E-state index in [1.54, 1.807) is 0 Å². The van der Waals surface area contributed by atoms with Gasteiger partial charge in [-0.2, -0.15) is 0 Å². The third-order valence-electron chi connectivity index (χ3n) is 3.59. The van der Waals surface area contributed by atoms with E-state index in [1.807, 2.05) is 0 Å². The SMILES string of the molecule is C#CCC(N)C(C)(CC)N1CCOCC1. The van der Waals surface area contributed by atoms with Gasteiger partial charge in [0.05, 0.1) is 13.2 Å². The zero-order valence-corrected chi connectivity index (χ0v) is 9.83. The summed E-state index contributed by atoms with van der Waals surface area (Å²) in [7, 11) is 0. The van der Waals surface area contributed by atoms with E-state index < -0.39 is 0 Å². The Labute approximate surface area is 93.0 Å². The lowest BCUT2D eigenvalue weighted by Crippen LogP contribution is -2.60. The Morgan fingerprint density at radius 1 is 1.53 bits per heavy atom. The van der Waals surface area contributed by atoms with Crippen molar-refractivity contribution < 1.29 is 4.74 Å². The van der Waals surface area contributed by atoms with E-state index in [4.69, 9.17) is 16.9 Å². The summed E-state index contributed by atoms with van der Waals surface area (Å²) in [5, 5.41) is 0. The van der Waals surface area contributed by atoms with Crippen LogP contribution in [0.5, 0.6) is 0 Å². The topological polar surface area (TPSA) is 38.5 Å². The Morgan fingerprint density at radius 2 is 2.13 bits per heavy atom. The summed E-state index contributed by atoms with van der Waals surface area (Å²) in [6, 6.07) is 0.0469. The number of nitrogens with two attached hydrogens (primary N) is 1. The minimum Gasteiger partial charge on any atom is -0.379 e. The summed E-state index contributed by atoms with van der Waals surface area (Å²) in [5.74, 6) is 2.66. The highest BCUT2D eigenvalue weighted by Gasteiger charge is 2.36. The van der Waals surface area contributed by atoms with Crippen molar-refractivity contribution in [3.8, 4) is 12.3 Å². The molecule has 1 heterocycles. The fraction of sp³-hybridized carbons (Fsp3) is 0.833. The zero-order valence-electron chi connectivity index (χ0n) is 9.83. The van der Waals surface area contributed by atoms with Gasteiger partial charge < -0.3 is 10.5 Å². The average Bonchev–Trinajstić information content (AvgIpc) is 2.29. The standard InChI is InChI=1S/C12H22N2O/c1-4-6-11(13)12(3,5-2)14-7-9-15-10-8-14/h1,11H,5-10,13H2,2-3H3. The van der Waals surface area contributed by atoms with Crippen LogP contribution in [0.1, 0.15) is 26.7 Å². The lowest BCUT2D eigenvalue weighted by Gasteiger charge is -2.46. The third-order valence-corrected chi connectivity index (χ3v) is 3.59. The van der Waals surface area contributed by atoms with E-state index in [0.29, 0.717) is 6.42 Å². The molecule has 2 atom stereocenters. The van der Waals surface area contributed by atoms with Crippen LogP contribution in [0.4, 0.5) is 0 Å². The predicted molar refractivity (Wildman–Crippen MR) is 62.5 cm³/mol. The second kappa shape index (κ2) is 5.50. The maximum atomic E-state index is 6.18. The van der Waals surface area contributed by atoms with E-state index in [9.17, 15) is 0 Å². The zero-order chi connectivity index (χ0) is 11.3. The molecule has 0 spiro atoms. The van der Waals surface area contributed by atoms with Gasteiger partial charge in [0.25, 0.3) is 0 Å². The molecule has 0 radical (unpaired) electrons. The van der Waals surface area contributed by atoms with Gasteiger partial charge in [-0.15, -0.1) is 12.3 Å². The summed E-state index contributed by atoms with van der Waals surface area (Å²) >= 11 is 0. The number of ether oxygens (including phenoxy) is 1. The van der Waals surface area contributed by atoms with Crippen molar-refractivity contribution in [2.24, 2.45) is 5.73 Å². The first kappa shape index (κ1) is 12.5. The second-order valence-corrected chi connectivity index (χ2v) is 4.32. The number of terminal acetylenes is 1. The molecule has 86 valence electrons. The van der Waals surface area contributed by atoms with Gasteiger partial charge in [0.2, 0.25) is 0 Å². The minimum atomic E-state index is 0.0101. The number of morpholine rings is 1. The van der Waals surface area contributed by atoms with Crippen LogP contribution < -0.4 is 5.73 Å². The minimum absolute atomic E-state index is 0.0101. The third kappa shape index (κ3) is 2.72. The van der Waals surface area contributed by atoms with Crippen LogP contribution in [0, 0.1) is 12.3 Å². The van der Waals surface area contributed by atoms with E-state index in [1.165, 1.54) is 0 Å². The van der Waals surface area contributed by atoms with Gasteiger partial charge in [0.15, 0.2) is 0 Å². The molecule has 3 heteroatoms. The molecule has 1 saturated heterocycles. The predicted octanol–water partition coefficient (Wildman–Crippen LogP) is 0.838. The quantitative estimate of drug-likeness (QED) is 0.699. The van der Waals surface area contributed by atoms with Gasteiger partial charge in [-0.25, -0.2) is 0 Å². The molecule has 1 rings (SSSR count). The van der Waals surface area contributed by atoms with Crippen molar-refractivity contribution in [3.63, 3.8) is 0 Å². The van der Waals surface area contributed by atoms with Crippen LogP contribution in [-0.4, -0.2) is 42.8 Å². The number of nitrogens with zero attached hydrogens (tertiary/aromatic N) is 1. The van der Waals surface area contributed by atoms with Crippen LogP contribution in [0.15, 0.2) is 0 Å². The van der Waals surface area contributed by atoms with Crippen molar-refractivity contribution in [2.45, 2.75) is 38.3 Å². The molecule has 1 aliphatic heterocycles. The monoisotopic (exact) mass is 210 g/mol. The Hall–Kier alpha value is -0.560. The van der Waals surface area contributed by atoms with Crippen LogP contribution in [0.3, 0.4) is 0 Å². The number of rotatable bonds is 4. The molecular formula is C12H22N2O. The van der Waals surface area contributed by atoms with Crippen LogP contribution in [0.2, 0.25) is 0 Å². The molecule has 1 fully saturated rings. The average molecular weight is 210 g/mol. The smallest absolute Gasteiger partial charge is 0.0594 e. The Balaban J connectivity index is 2.69. The molecule has 0 aliphatic carbocycles. The Morgan fingerprint density at radius 3 is 2.60 bits per heavy atom. The summed E-state index contributed by atoms with van der Waals surface area (Å²) < 4.78 is 5.36. The van der Waals surface area contributed by atoms with Gasteiger partial charge >= 0.3 is 0 Å². The van der Waals surface area contributed by atoms with Gasteiger partial charge in [-0.05, 0) is 13.3 Å². The fourth-order valence-electron chi connectivity index (χ4n) is 2.14. The summed E-state index contributed by atoms with van der Waals surface area (Å²) in [5.41, 5.74) is 6.19. The van der Waals surface area contributed by atoms with Gasteiger partial charge in [0, 0.05) is 31.1 Å². The van der Waals surface area contributed by atoms with Gasteiger partial charge in [0.1, 0.15) is 0 Å². The van der Waals surface area contributed by atoms with Crippen molar-refractivity contribution in [1.82, 2.24) is 4.90 Å². The molecule has 1 aliphatic rings. The molecule has 2 N–H and O–H groups in total. The second-order valence-electron chi connectivity index (χ2n) is 4.32. The molecule has 0 saturated carbocycles. The van der Waals surface area contributed by atoms with Crippen molar-refractivity contribution in [2.75, 3.05) is 26.3 Å². The van der Waals surface area contributed by atoms with Gasteiger partial charge in [-0.3, -0.25) is 4.90 Å². The maximum Gasteiger partial charge on any atom is 0.0594 e. The highest BCUT2D eigenvalue weighted by atomic mass is 16.5. The van der Waals surface area contributed by atoms with E-state index in [2.05, 4.69) is 24.7 Å². The largest absolute Gasteiger partial charge is 0.379 e.